The minimum absolute atomic E-state index is 0.0462. The number of carbonyl (C=O) groups excluding carboxylic acids is 1. The third kappa shape index (κ3) is 6.96. The van der Waals surface area contributed by atoms with E-state index in [4.69, 9.17) is 5.73 Å². The first-order valence-corrected chi connectivity index (χ1v) is 12.6. The van der Waals surface area contributed by atoms with Crippen molar-refractivity contribution in [2.45, 2.75) is 44.1 Å². The fourth-order valence-electron chi connectivity index (χ4n) is 5.01. The van der Waals surface area contributed by atoms with Crippen molar-refractivity contribution in [3.63, 3.8) is 0 Å². The fraction of sp³-hybridized carbons (Fsp3) is 0.500. The van der Waals surface area contributed by atoms with Gasteiger partial charge in [-0.05, 0) is 74.1 Å². The van der Waals surface area contributed by atoms with Gasteiger partial charge >= 0.3 is 18.4 Å². The molecule has 2 fully saturated rings. The highest BCUT2D eigenvalue weighted by Gasteiger charge is 2.34. The monoisotopic (exact) mass is 543 g/mol. The van der Waals surface area contributed by atoms with Crippen LogP contribution < -0.4 is 21.3 Å². The van der Waals surface area contributed by atoms with Gasteiger partial charge in [-0.25, -0.2) is 4.79 Å². The first-order valence-electron chi connectivity index (χ1n) is 12.6. The van der Waals surface area contributed by atoms with Crippen LogP contribution in [0.3, 0.4) is 0 Å². The number of carbonyl (C=O) groups is 1. The van der Waals surface area contributed by atoms with Gasteiger partial charge < -0.3 is 26.2 Å². The normalized spacial score (nSPS) is 20.8. The average Bonchev–Trinajstić information content (AvgIpc) is 2.88. The van der Waals surface area contributed by atoms with Gasteiger partial charge in [0.2, 0.25) is 0 Å². The van der Waals surface area contributed by atoms with Crippen LogP contribution in [0.2, 0.25) is 0 Å². The maximum absolute atomic E-state index is 13.1. The quantitative estimate of drug-likeness (QED) is 0.329. The van der Waals surface area contributed by atoms with Gasteiger partial charge in [0.1, 0.15) is 0 Å². The third-order valence-corrected chi connectivity index (χ3v) is 7.24. The Bertz CT molecular complexity index is 1090. The second kappa shape index (κ2) is 11.2. The molecular weight excluding hydrogens is 512 g/mol. The summed E-state index contributed by atoms with van der Waals surface area (Å²) in [5.41, 5.74) is 4.71. The minimum atomic E-state index is -4.51. The van der Waals surface area contributed by atoms with E-state index in [-0.39, 0.29) is 23.7 Å². The number of rotatable bonds is 5. The summed E-state index contributed by atoms with van der Waals surface area (Å²) in [5.74, 6) is 0.280. The van der Waals surface area contributed by atoms with Crippen molar-refractivity contribution in [1.29, 1.82) is 0 Å². The number of nitrogens with one attached hydrogen (secondary N) is 2. The molecule has 38 heavy (non-hydrogen) atoms. The molecule has 0 radical (unpaired) electrons. The Morgan fingerprint density at radius 2 is 1.50 bits per heavy atom. The molecule has 0 atom stereocenters. The molecule has 4 N–H and O–H groups in total. The number of hydrogen-bond acceptors (Lipinski definition) is 4. The summed E-state index contributed by atoms with van der Waals surface area (Å²) in [7, 11) is 0. The molecule has 4 rings (SSSR count). The maximum atomic E-state index is 13.1. The van der Waals surface area contributed by atoms with Crippen molar-refractivity contribution >= 4 is 23.1 Å². The lowest BCUT2D eigenvalue weighted by atomic mass is 9.86. The van der Waals surface area contributed by atoms with Gasteiger partial charge in [0.15, 0.2) is 0 Å². The van der Waals surface area contributed by atoms with Crippen LogP contribution in [0.25, 0.3) is 0 Å². The Hall–Kier alpha value is -3.31. The van der Waals surface area contributed by atoms with E-state index in [1.54, 1.807) is 11.0 Å². The molecule has 1 saturated heterocycles. The predicted molar refractivity (Wildman–Crippen MR) is 134 cm³/mol. The number of anilines is 3. The molecule has 0 aromatic heterocycles. The number of urea groups is 1. The van der Waals surface area contributed by atoms with Gasteiger partial charge in [0.25, 0.3) is 0 Å². The molecule has 1 aliphatic carbocycles. The van der Waals surface area contributed by atoms with E-state index in [1.807, 2.05) is 4.90 Å². The molecule has 2 aliphatic rings. The Balaban J connectivity index is 1.17. The first-order chi connectivity index (χ1) is 17.9. The first kappa shape index (κ1) is 27.7. The van der Waals surface area contributed by atoms with Crippen molar-refractivity contribution in [1.82, 2.24) is 10.2 Å². The van der Waals surface area contributed by atoms with Crippen LogP contribution >= 0.6 is 0 Å². The molecular formula is C26H31F6N5O. The van der Waals surface area contributed by atoms with Crippen molar-refractivity contribution in [3.8, 4) is 0 Å². The van der Waals surface area contributed by atoms with Crippen LogP contribution in [0, 0.1) is 5.92 Å². The maximum Gasteiger partial charge on any atom is 0.418 e. The number of piperazine rings is 1. The lowest BCUT2D eigenvalue weighted by molar-refractivity contribution is -0.138. The molecule has 1 saturated carbocycles. The summed E-state index contributed by atoms with van der Waals surface area (Å²) in [6.45, 7) is 2.49. The lowest BCUT2D eigenvalue weighted by Gasteiger charge is -2.36. The van der Waals surface area contributed by atoms with Crippen LogP contribution in [0.15, 0.2) is 42.5 Å². The molecule has 1 heterocycles. The fourth-order valence-corrected chi connectivity index (χ4v) is 5.01. The van der Waals surface area contributed by atoms with E-state index in [0.29, 0.717) is 44.1 Å². The molecule has 2 amide bonds. The van der Waals surface area contributed by atoms with Crippen LogP contribution in [-0.4, -0.2) is 49.7 Å². The topological polar surface area (TPSA) is 73.6 Å². The Labute approximate surface area is 217 Å². The number of nitrogens with zero attached hydrogens (tertiary/aromatic N) is 2. The van der Waals surface area contributed by atoms with E-state index >= 15 is 0 Å². The standard InChI is InChI=1S/C26H31F6N5O/c27-25(28,29)18-3-8-21(9-4-18)36-11-13-37(14-12-36)24(38)34-16-17-1-5-19(6-2-17)35-20-7-10-23(33)22(15-20)26(30,31)32/h3-4,7-10,15,17,19,35H,1-2,5-6,11-14,16,33H2,(H,34,38). The van der Waals surface area contributed by atoms with Crippen LogP contribution in [0.1, 0.15) is 36.8 Å². The highest BCUT2D eigenvalue weighted by molar-refractivity contribution is 5.74. The molecule has 12 heteroatoms. The summed E-state index contributed by atoms with van der Waals surface area (Å²) in [4.78, 5) is 16.3. The summed E-state index contributed by atoms with van der Waals surface area (Å²) in [5, 5.41) is 6.15. The van der Waals surface area contributed by atoms with E-state index in [2.05, 4.69) is 10.6 Å². The number of hydrogen-bond donors (Lipinski definition) is 3. The predicted octanol–water partition coefficient (Wildman–Crippen LogP) is 5.81. The summed E-state index contributed by atoms with van der Waals surface area (Å²) in [6, 6.07) is 8.76. The molecule has 1 aliphatic heterocycles. The van der Waals surface area contributed by atoms with Gasteiger partial charge in [0.05, 0.1) is 11.1 Å². The minimum Gasteiger partial charge on any atom is -0.398 e. The second-order valence-corrected chi connectivity index (χ2v) is 9.87. The highest BCUT2D eigenvalue weighted by Crippen LogP contribution is 2.36. The van der Waals surface area contributed by atoms with Crippen LogP contribution in [0.5, 0.6) is 0 Å². The van der Waals surface area contributed by atoms with Crippen molar-refractivity contribution in [2.75, 3.05) is 48.7 Å². The molecule has 0 unspecified atom stereocenters. The summed E-state index contributed by atoms with van der Waals surface area (Å²) >= 11 is 0. The number of benzene rings is 2. The molecule has 208 valence electrons. The SMILES string of the molecule is Nc1ccc(NC2CCC(CNC(=O)N3CCN(c4ccc(C(F)(F)F)cc4)CC3)CC2)cc1C(F)(F)F. The lowest BCUT2D eigenvalue weighted by Crippen LogP contribution is -2.52. The Morgan fingerprint density at radius 3 is 2.08 bits per heavy atom. The van der Waals surface area contributed by atoms with Crippen molar-refractivity contribution in [3.05, 3.63) is 53.6 Å². The smallest absolute Gasteiger partial charge is 0.398 e. The molecule has 2 aromatic carbocycles. The zero-order valence-corrected chi connectivity index (χ0v) is 20.7. The van der Waals surface area contributed by atoms with Gasteiger partial charge in [-0.1, -0.05) is 0 Å². The third-order valence-electron chi connectivity index (χ3n) is 7.24. The summed E-state index contributed by atoms with van der Waals surface area (Å²) in [6.07, 6.45) is -5.66. The van der Waals surface area contributed by atoms with E-state index in [1.165, 1.54) is 18.2 Å². The number of amides is 2. The van der Waals surface area contributed by atoms with Crippen LogP contribution in [0.4, 0.5) is 48.2 Å². The average molecular weight is 544 g/mol. The van der Waals surface area contributed by atoms with Crippen LogP contribution in [-0.2, 0) is 12.4 Å². The van der Waals surface area contributed by atoms with Gasteiger partial charge in [-0.15, -0.1) is 0 Å². The zero-order chi connectivity index (χ0) is 27.5. The van der Waals surface area contributed by atoms with Crippen molar-refractivity contribution < 1.29 is 31.1 Å². The van der Waals surface area contributed by atoms with Gasteiger partial charge in [0, 0.05) is 55.8 Å². The second-order valence-electron chi connectivity index (χ2n) is 9.87. The number of nitrogens with two attached hydrogens (primary N) is 1. The molecule has 0 spiro atoms. The Morgan fingerprint density at radius 1 is 0.868 bits per heavy atom. The van der Waals surface area contributed by atoms with E-state index in [9.17, 15) is 31.1 Å². The molecule has 2 aromatic rings. The molecule has 0 bridgehead atoms. The number of nitrogen functional groups attached to an aromatic ring is 1. The highest BCUT2D eigenvalue weighted by atomic mass is 19.4. The number of halogens is 6. The van der Waals surface area contributed by atoms with E-state index in [0.717, 1.165) is 43.9 Å². The zero-order valence-electron chi connectivity index (χ0n) is 20.7. The summed E-state index contributed by atoms with van der Waals surface area (Å²) < 4.78 is 77.6. The Kier molecular flexibility index (Phi) is 8.17. The van der Waals surface area contributed by atoms with Gasteiger partial charge in [-0.2, -0.15) is 26.3 Å². The number of alkyl halides is 6. The van der Waals surface area contributed by atoms with E-state index < -0.39 is 23.5 Å². The van der Waals surface area contributed by atoms with Gasteiger partial charge in [-0.3, -0.25) is 0 Å². The largest absolute Gasteiger partial charge is 0.418 e. The van der Waals surface area contributed by atoms with Crippen molar-refractivity contribution in [2.24, 2.45) is 5.92 Å². The molecule has 6 nitrogen and oxygen atoms in total.